The first-order valence-corrected chi connectivity index (χ1v) is 10.3. The average Bonchev–Trinajstić information content (AvgIpc) is 3.40. The lowest BCUT2D eigenvalue weighted by Gasteiger charge is -2.34. The van der Waals surface area contributed by atoms with Crippen LogP contribution in [-0.2, 0) is 10.3 Å². The zero-order valence-corrected chi connectivity index (χ0v) is 15.8. The lowest BCUT2D eigenvalue weighted by atomic mass is 9.81. The number of amides is 1. The minimum Gasteiger partial charge on any atom is -0.342 e. The maximum Gasteiger partial charge on any atom is 0.252 e. The van der Waals surface area contributed by atoms with E-state index in [4.69, 9.17) is 4.52 Å². The van der Waals surface area contributed by atoms with Gasteiger partial charge in [0.25, 0.3) is 5.89 Å². The van der Waals surface area contributed by atoms with Crippen molar-refractivity contribution in [2.45, 2.75) is 76.2 Å². The van der Waals surface area contributed by atoms with Crippen molar-refractivity contribution < 1.29 is 9.32 Å². The molecule has 2 aromatic rings. The summed E-state index contributed by atoms with van der Waals surface area (Å²) in [5, 5.41) is 7.43. The first kappa shape index (κ1) is 18.1. The zero-order valence-electron chi connectivity index (χ0n) is 15.8. The zero-order chi connectivity index (χ0) is 18.5. The van der Waals surface area contributed by atoms with E-state index in [2.05, 4.69) is 20.4 Å². The highest BCUT2D eigenvalue weighted by Crippen LogP contribution is 2.37. The van der Waals surface area contributed by atoms with Gasteiger partial charge in [-0.05, 0) is 37.3 Å². The maximum absolute atomic E-state index is 12.7. The van der Waals surface area contributed by atoms with Gasteiger partial charge in [-0.1, -0.05) is 50.1 Å². The topological polar surface area (TPSA) is 80.9 Å². The van der Waals surface area contributed by atoms with Crippen molar-refractivity contribution >= 4 is 5.91 Å². The molecule has 144 valence electrons. The van der Waals surface area contributed by atoms with Crippen LogP contribution in [0.3, 0.4) is 0 Å². The third-order valence-corrected chi connectivity index (χ3v) is 6.10. The summed E-state index contributed by atoms with van der Waals surface area (Å²) in [6.07, 6.45) is 15.2. The van der Waals surface area contributed by atoms with Crippen LogP contribution in [0, 0.1) is 5.92 Å². The molecule has 6 nitrogen and oxygen atoms in total. The number of hydrogen-bond acceptors (Lipinski definition) is 5. The van der Waals surface area contributed by atoms with Crippen molar-refractivity contribution in [3.05, 3.63) is 30.4 Å². The van der Waals surface area contributed by atoms with Crippen molar-refractivity contribution in [1.82, 2.24) is 20.4 Å². The SMILES string of the molecule is O=C(CCC1CCCC1)NC1(c2nc(-c3cccnc3)no2)CCCCC1. The van der Waals surface area contributed by atoms with Gasteiger partial charge in [-0.2, -0.15) is 4.98 Å². The molecule has 0 atom stereocenters. The monoisotopic (exact) mass is 368 g/mol. The molecular weight excluding hydrogens is 340 g/mol. The van der Waals surface area contributed by atoms with Crippen LogP contribution in [0.1, 0.15) is 76.5 Å². The van der Waals surface area contributed by atoms with Gasteiger partial charge in [-0.25, -0.2) is 0 Å². The van der Waals surface area contributed by atoms with Gasteiger partial charge in [0.05, 0.1) is 0 Å². The summed E-state index contributed by atoms with van der Waals surface area (Å²) in [7, 11) is 0. The second-order valence-corrected chi connectivity index (χ2v) is 8.04. The highest BCUT2D eigenvalue weighted by molar-refractivity contribution is 5.77. The Morgan fingerprint density at radius 2 is 2.00 bits per heavy atom. The predicted molar refractivity (Wildman–Crippen MR) is 102 cm³/mol. The fraction of sp³-hybridized carbons (Fsp3) is 0.619. The normalized spacial score (nSPS) is 19.9. The Labute approximate surface area is 160 Å². The summed E-state index contributed by atoms with van der Waals surface area (Å²) < 4.78 is 5.64. The van der Waals surface area contributed by atoms with Gasteiger partial charge in [0.1, 0.15) is 5.54 Å². The quantitative estimate of drug-likeness (QED) is 0.818. The van der Waals surface area contributed by atoms with E-state index in [1.54, 1.807) is 12.4 Å². The third kappa shape index (κ3) is 4.20. The molecule has 0 saturated heterocycles. The summed E-state index contributed by atoms with van der Waals surface area (Å²) in [5.41, 5.74) is 0.310. The number of pyridine rings is 1. The first-order valence-electron chi connectivity index (χ1n) is 10.3. The van der Waals surface area contributed by atoms with E-state index in [1.807, 2.05) is 12.1 Å². The van der Waals surface area contributed by atoms with Gasteiger partial charge in [-0.3, -0.25) is 9.78 Å². The van der Waals surface area contributed by atoms with E-state index >= 15 is 0 Å². The highest BCUT2D eigenvalue weighted by Gasteiger charge is 2.40. The molecule has 2 heterocycles. The third-order valence-electron chi connectivity index (χ3n) is 6.10. The van der Waals surface area contributed by atoms with Crippen molar-refractivity contribution in [2.24, 2.45) is 5.92 Å². The highest BCUT2D eigenvalue weighted by atomic mass is 16.5. The molecule has 0 aliphatic heterocycles. The molecule has 1 amide bonds. The number of nitrogens with one attached hydrogen (secondary N) is 1. The first-order chi connectivity index (χ1) is 13.3. The Kier molecular flexibility index (Phi) is 5.50. The molecule has 6 heteroatoms. The number of hydrogen-bond donors (Lipinski definition) is 1. The minimum absolute atomic E-state index is 0.116. The molecule has 0 radical (unpaired) electrons. The van der Waals surface area contributed by atoms with E-state index < -0.39 is 5.54 Å². The largest absolute Gasteiger partial charge is 0.342 e. The molecule has 1 N–H and O–H groups in total. The number of rotatable bonds is 6. The number of carbonyl (C=O) groups is 1. The van der Waals surface area contributed by atoms with Crippen LogP contribution >= 0.6 is 0 Å². The number of aromatic nitrogens is 3. The van der Waals surface area contributed by atoms with Crippen LogP contribution < -0.4 is 5.32 Å². The molecule has 2 saturated carbocycles. The minimum atomic E-state index is -0.515. The molecule has 0 spiro atoms. The smallest absolute Gasteiger partial charge is 0.252 e. The van der Waals surface area contributed by atoms with E-state index in [1.165, 1.54) is 32.1 Å². The van der Waals surface area contributed by atoms with Crippen LogP contribution in [0.25, 0.3) is 11.4 Å². The van der Waals surface area contributed by atoms with Gasteiger partial charge in [0, 0.05) is 24.4 Å². The molecule has 27 heavy (non-hydrogen) atoms. The standard InChI is InChI=1S/C21H28N4O2/c26-18(11-10-16-7-2-3-8-16)24-21(12-4-1-5-13-21)20-23-19(25-27-20)17-9-6-14-22-15-17/h6,9,14-16H,1-5,7-8,10-13H2,(H,24,26). The predicted octanol–water partition coefficient (Wildman–Crippen LogP) is 4.38. The lowest BCUT2D eigenvalue weighted by molar-refractivity contribution is -0.124. The van der Waals surface area contributed by atoms with Gasteiger partial charge in [0.2, 0.25) is 11.7 Å². The second-order valence-electron chi connectivity index (χ2n) is 8.04. The number of carbonyl (C=O) groups excluding carboxylic acids is 1. The molecule has 0 aromatic carbocycles. The Morgan fingerprint density at radius 3 is 2.74 bits per heavy atom. The Morgan fingerprint density at radius 1 is 1.19 bits per heavy atom. The molecular formula is C21H28N4O2. The van der Waals surface area contributed by atoms with E-state index in [0.29, 0.717) is 18.1 Å². The van der Waals surface area contributed by atoms with Crippen molar-refractivity contribution in [2.75, 3.05) is 0 Å². The molecule has 2 aliphatic rings. The van der Waals surface area contributed by atoms with E-state index in [0.717, 1.165) is 43.6 Å². The van der Waals surface area contributed by atoms with E-state index in [9.17, 15) is 4.79 Å². The summed E-state index contributed by atoms with van der Waals surface area (Å²) in [6, 6.07) is 3.77. The Balaban J connectivity index is 1.48. The van der Waals surface area contributed by atoms with Crippen LogP contribution in [0.4, 0.5) is 0 Å². The van der Waals surface area contributed by atoms with Crippen LogP contribution in [0.2, 0.25) is 0 Å². The van der Waals surface area contributed by atoms with Gasteiger partial charge >= 0.3 is 0 Å². The van der Waals surface area contributed by atoms with Gasteiger partial charge < -0.3 is 9.84 Å². The molecule has 4 rings (SSSR count). The fourth-order valence-corrected chi connectivity index (χ4v) is 4.54. The van der Waals surface area contributed by atoms with E-state index in [-0.39, 0.29) is 5.91 Å². The Hall–Kier alpha value is -2.24. The number of nitrogens with zero attached hydrogens (tertiary/aromatic N) is 3. The summed E-state index contributed by atoms with van der Waals surface area (Å²) in [5.74, 6) is 1.90. The lowest BCUT2D eigenvalue weighted by Crippen LogP contribution is -2.47. The summed E-state index contributed by atoms with van der Waals surface area (Å²) in [4.78, 5) is 21.5. The van der Waals surface area contributed by atoms with Crippen molar-refractivity contribution in [3.63, 3.8) is 0 Å². The van der Waals surface area contributed by atoms with Crippen molar-refractivity contribution in [1.29, 1.82) is 0 Å². The molecule has 0 unspecified atom stereocenters. The Bertz CT molecular complexity index is 747. The van der Waals surface area contributed by atoms with Gasteiger partial charge in [0.15, 0.2) is 0 Å². The molecule has 0 bridgehead atoms. The second kappa shape index (κ2) is 8.19. The molecule has 2 aliphatic carbocycles. The van der Waals surface area contributed by atoms with Crippen LogP contribution in [0.15, 0.2) is 29.0 Å². The maximum atomic E-state index is 12.7. The fourth-order valence-electron chi connectivity index (χ4n) is 4.54. The summed E-state index contributed by atoms with van der Waals surface area (Å²) >= 11 is 0. The molecule has 2 aromatic heterocycles. The average molecular weight is 368 g/mol. The van der Waals surface area contributed by atoms with Crippen LogP contribution in [0.5, 0.6) is 0 Å². The van der Waals surface area contributed by atoms with Gasteiger partial charge in [-0.15, -0.1) is 0 Å². The van der Waals surface area contributed by atoms with Crippen LogP contribution in [-0.4, -0.2) is 21.0 Å². The molecule has 2 fully saturated rings. The summed E-state index contributed by atoms with van der Waals surface area (Å²) in [6.45, 7) is 0. The van der Waals surface area contributed by atoms with Crippen molar-refractivity contribution in [3.8, 4) is 11.4 Å².